The van der Waals surface area contributed by atoms with Gasteiger partial charge in [-0.3, -0.25) is 10.00 Å². The zero-order valence-corrected chi connectivity index (χ0v) is 8.62. The van der Waals surface area contributed by atoms with Gasteiger partial charge in [0.05, 0.1) is 12.7 Å². The Kier molecular flexibility index (Phi) is 3.69. The SMILES string of the molecule is C#CCNC(CN)c1cnn(C)c1C. The van der Waals surface area contributed by atoms with Crippen molar-refractivity contribution in [1.29, 1.82) is 0 Å². The van der Waals surface area contributed by atoms with Crippen molar-refractivity contribution in [3.8, 4) is 12.3 Å². The Morgan fingerprint density at radius 1 is 1.79 bits per heavy atom. The van der Waals surface area contributed by atoms with Crippen LogP contribution in [0.25, 0.3) is 0 Å². The minimum absolute atomic E-state index is 0.0970. The number of nitrogens with two attached hydrogens (primary N) is 1. The Bertz CT molecular complexity index is 334. The smallest absolute Gasteiger partial charge is 0.0579 e. The molecule has 0 bridgehead atoms. The van der Waals surface area contributed by atoms with Crippen LogP contribution >= 0.6 is 0 Å². The third-order valence-corrected chi connectivity index (χ3v) is 2.33. The second-order valence-electron chi connectivity index (χ2n) is 3.18. The zero-order chi connectivity index (χ0) is 10.6. The molecule has 4 heteroatoms. The first-order valence-electron chi connectivity index (χ1n) is 4.56. The predicted molar refractivity (Wildman–Crippen MR) is 56.6 cm³/mol. The van der Waals surface area contributed by atoms with Crippen molar-refractivity contribution in [2.45, 2.75) is 13.0 Å². The summed E-state index contributed by atoms with van der Waals surface area (Å²) in [6.45, 7) is 3.06. The molecule has 76 valence electrons. The Balaban J connectivity index is 2.79. The molecule has 3 N–H and O–H groups in total. The van der Waals surface area contributed by atoms with Gasteiger partial charge in [-0.1, -0.05) is 5.92 Å². The van der Waals surface area contributed by atoms with Crippen molar-refractivity contribution in [1.82, 2.24) is 15.1 Å². The summed E-state index contributed by atoms with van der Waals surface area (Å²) in [5.41, 5.74) is 7.89. The maximum absolute atomic E-state index is 5.66. The first kappa shape index (κ1) is 10.8. The predicted octanol–water partition coefficient (Wildman–Crippen LogP) is -0.0489. The second-order valence-corrected chi connectivity index (χ2v) is 3.18. The average molecular weight is 192 g/mol. The lowest BCUT2D eigenvalue weighted by Crippen LogP contribution is -2.28. The second kappa shape index (κ2) is 4.80. The summed E-state index contributed by atoms with van der Waals surface area (Å²) in [6, 6.07) is 0.0970. The highest BCUT2D eigenvalue weighted by atomic mass is 15.3. The first-order valence-corrected chi connectivity index (χ1v) is 4.56. The topological polar surface area (TPSA) is 55.9 Å². The molecule has 0 aromatic carbocycles. The van der Waals surface area contributed by atoms with Gasteiger partial charge < -0.3 is 5.73 Å². The van der Waals surface area contributed by atoms with Crippen LogP contribution in [-0.4, -0.2) is 22.9 Å². The zero-order valence-electron chi connectivity index (χ0n) is 8.62. The largest absolute Gasteiger partial charge is 0.329 e. The molecule has 1 rings (SSSR count). The molecule has 0 saturated carbocycles. The van der Waals surface area contributed by atoms with E-state index in [1.165, 1.54) is 0 Å². The maximum atomic E-state index is 5.66. The number of rotatable bonds is 4. The fourth-order valence-electron chi connectivity index (χ4n) is 1.36. The summed E-state index contributed by atoms with van der Waals surface area (Å²) in [4.78, 5) is 0. The quantitative estimate of drug-likeness (QED) is 0.658. The number of nitrogens with one attached hydrogen (secondary N) is 1. The molecule has 1 heterocycles. The van der Waals surface area contributed by atoms with Gasteiger partial charge in [-0.25, -0.2) is 0 Å². The fourth-order valence-corrected chi connectivity index (χ4v) is 1.36. The molecule has 0 aliphatic heterocycles. The summed E-state index contributed by atoms with van der Waals surface area (Å²) < 4.78 is 1.83. The summed E-state index contributed by atoms with van der Waals surface area (Å²) in [5, 5.41) is 7.34. The van der Waals surface area contributed by atoms with Gasteiger partial charge in [-0.15, -0.1) is 6.42 Å². The Morgan fingerprint density at radius 2 is 2.50 bits per heavy atom. The van der Waals surface area contributed by atoms with E-state index in [2.05, 4.69) is 16.3 Å². The van der Waals surface area contributed by atoms with Crippen molar-refractivity contribution in [2.75, 3.05) is 13.1 Å². The molecule has 0 saturated heterocycles. The number of aryl methyl sites for hydroxylation is 1. The number of aromatic nitrogens is 2. The highest BCUT2D eigenvalue weighted by molar-refractivity contribution is 5.21. The van der Waals surface area contributed by atoms with E-state index in [9.17, 15) is 0 Å². The van der Waals surface area contributed by atoms with Crippen LogP contribution in [0.3, 0.4) is 0 Å². The molecule has 0 aliphatic rings. The van der Waals surface area contributed by atoms with E-state index in [0.717, 1.165) is 11.3 Å². The van der Waals surface area contributed by atoms with Gasteiger partial charge in [0.2, 0.25) is 0 Å². The minimum Gasteiger partial charge on any atom is -0.329 e. The molecule has 0 spiro atoms. The van der Waals surface area contributed by atoms with Crippen molar-refractivity contribution in [3.05, 3.63) is 17.5 Å². The summed E-state index contributed by atoms with van der Waals surface area (Å²) in [5.74, 6) is 2.53. The van der Waals surface area contributed by atoms with Crippen molar-refractivity contribution in [2.24, 2.45) is 12.8 Å². The molecule has 0 radical (unpaired) electrons. The molecule has 4 nitrogen and oxygen atoms in total. The average Bonchev–Trinajstić information content (AvgIpc) is 2.51. The van der Waals surface area contributed by atoms with Crippen molar-refractivity contribution < 1.29 is 0 Å². The maximum Gasteiger partial charge on any atom is 0.0579 e. The first-order chi connectivity index (χ1) is 6.70. The molecular formula is C10H16N4. The van der Waals surface area contributed by atoms with Gasteiger partial charge in [0.25, 0.3) is 0 Å². The van der Waals surface area contributed by atoms with Gasteiger partial charge in [-0.05, 0) is 6.92 Å². The lowest BCUT2D eigenvalue weighted by atomic mass is 10.1. The Morgan fingerprint density at radius 3 is 2.93 bits per heavy atom. The minimum atomic E-state index is 0.0970. The molecule has 1 aromatic heterocycles. The van der Waals surface area contributed by atoms with Gasteiger partial charge >= 0.3 is 0 Å². The molecule has 0 aliphatic carbocycles. The van der Waals surface area contributed by atoms with Crippen LogP contribution in [0.4, 0.5) is 0 Å². The normalized spacial score (nSPS) is 12.4. The Hall–Kier alpha value is -1.31. The van der Waals surface area contributed by atoms with Gasteiger partial charge in [0, 0.05) is 30.9 Å². The van der Waals surface area contributed by atoms with E-state index in [4.69, 9.17) is 12.2 Å². The van der Waals surface area contributed by atoms with Crippen LogP contribution in [0.15, 0.2) is 6.20 Å². The molecule has 0 fully saturated rings. The lowest BCUT2D eigenvalue weighted by Gasteiger charge is -2.14. The van der Waals surface area contributed by atoms with Crippen molar-refractivity contribution in [3.63, 3.8) is 0 Å². The Labute approximate surface area is 84.5 Å². The van der Waals surface area contributed by atoms with Crippen LogP contribution in [0.1, 0.15) is 17.3 Å². The molecule has 0 amide bonds. The summed E-state index contributed by atoms with van der Waals surface area (Å²) in [6.07, 6.45) is 7.01. The van der Waals surface area contributed by atoms with Gasteiger partial charge in [0.1, 0.15) is 0 Å². The summed E-state index contributed by atoms with van der Waals surface area (Å²) in [7, 11) is 1.91. The van der Waals surface area contributed by atoms with E-state index >= 15 is 0 Å². The van der Waals surface area contributed by atoms with Crippen LogP contribution in [0, 0.1) is 19.3 Å². The number of nitrogens with zero attached hydrogens (tertiary/aromatic N) is 2. The lowest BCUT2D eigenvalue weighted by molar-refractivity contribution is 0.577. The summed E-state index contributed by atoms with van der Waals surface area (Å²) >= 11 is 0. The van der Waals surface area contributed by atoms with E-state index < -0.39 is 0 Å². The number of hydrogen-bond donors (Lipinski definition) is 2. The standard InChI is InChI=1S/C10H16N4/c1-4-5-12-10(6-11)9-7-13-14(3)8(9)2/h1,7,10,12H,5-6,11H2,2-3H3. The van der Waals surface area contributed by atoms with E-state index in [1.54, 1.807) is 0 Å². The molecular weight excluding hydrogens is 176 g/mol. The molecule has 1 atom stereocenters. The monoisotopic (exact) mass is 192 g/mol. The highest BCUT2D eigenvalue weighted by Gasteiger charge is 2.13. The van der Waals surface area contributed by atoms with E-state index in [1.807, 2.05) is 24.9 Å². The number of terminal acetylenes is 1. The third kappa shape index (κ3) is 2.13. The van der Waals surface area contributed by atoms with Crippen LogP contribution in [0.5, 0.6) is 0 Å². The van der Waals surface area contributed by atoms with E-state index in [0.29, 0.717) is 13.1 Å². The number of hydrogen-bond acceptors (Lipinski definition) is 3. The molecule has 1 unspecified atom stereocenters. The fraction of sp³-hybridized carbons (Fsp3) is 0.500. The van der Waals surface area contributed by atoms with Gasteiger partial charge in [-0.2, -0.15) is 5.10 Å². The molecule has 14 heavy (non-hydrogen) atoms. The van der Waals surface area contributed by atoms with E-state index in [-0.39, 0.29) is 6.04 Å². The third-order valence-electron chi connectivity index (χ3n) is 2.33. The van der Waals surface area contributed by atoms with Crippen LogP contribution in [0.2, 0.25) is 0 Å². The molecule has 1 aromatic rings. The highest BCUT2D eigenvalue weighted by Crippen LogP contribution is 2.14. The van der Waals surface area contributed by atoms with Crippen LogP contribution in [-0.2, 0) is 7.05 Å². The van der Waals surface area contributed by atoms with Gasteiger partial charge in [0.15, 0.2) is 0 Å². The van der Waals surface area contributed by atoms with Crippen LogP contribution < -0.4 is 11.1 Å². The van der Waals surface area contributed by atoms with Crippen molar-refractivity contribution >= 4 is 0 Å².